The molecule has 0 amide bonds. The van der Waals surface area contributed by atoms with Gasteiger partial charge in [0.15, 0.2) is 0 Å². The first-order valence-electron chi connectivity index (χ1n) is 5.70. The largest absolute Gasteiger partial charge is 0.384 e. The van der Waals surface area contributed by atoms with Crippen LogP contribution in [-0.4, -0.2) is 37.1 Å². The number of hydrogen-bond acceptors (Lipinski definition) is 5. The SMILES string of the molecule is COCC(C)CNS(=O)(=O)c1cccc(S(=O)(=O)F)c1. The fraction of sp³-hybridized carbons (Fsp3) is 0.455. The van der Waals surface area contributed by atoms with Gasteiger partial charge in [-0.15, -0.1) is 3.89 Å². The Bertz CT molecular complexity index is 657. The summed E-state index contributed by atoms with van der Waals surface area (Å²) in [5, 5.41) is 0. The Hall–Kier alpha value is -1.03. The predicted molar refractivity (Wildman–Crippen MR) is 71.0 cm³/mol. The fourth-order valence-electron chi connectivity index (χ4n) is 1.47. The normalized spacial score (nSPS) is 14.2. The zero-order chi connectivity index (χ0) is 15.4. The van der Waals surface area contributed by atoms with Crippen LogP contribution < -0.4 is 4.72 Å². The van der Waals surface area contributed by atoms with E-state index in [1.807, 2.05) is 0 Å². The molecule has 1 N–H and O–H groups in total. The summed E-state index contributed by atoms with van der Waals surface area (Å²) in [7, 11) is -7.33. The van der Waals surface area contributed by atoms with Crippen LogP contribution in [0.4, 0.5) is 3.89 Å². The maximum absolute atomic E-state index is 12.8. The van der Waals surface area contributed by atoms with Gasteiger partial charge in [0.2, 0.25) is 10.0 Å². The number of ether oxygens (including phenoxy) is 1. The molecule has 0 aromatic heterocycles. The van der Waals surface area contributed by atoms with Gasteiger partial charge in [-0.2, -0.15) is 8.42 Å². The summed E-state index contributed by atoms with van der Waals surface area (Å²) in [5.41, 5.74) is 0. The minimum absolute atomic E-state index is 0.0529. The maximum Gasteiger partial charge on any atom is 0.332 e. The molecule has 20 heavy (non-hydrogen) atoms. The van der Waals surface area contributed by atoms with Crippen LogP contribution in [0.1, 0.15) is 6.92 Å². The molecule has 0 saturated heterocycles. The number of nitrogens with one attached hydrogen (secondary N) is 1. The van der Waals surface area contributed by atoms with Crippen molar-refractivity contribution in [2.45, 2.75) is 16.7 Å². The van der Waals surface area contributed by atoms with Crippen molar-refractivity contribution in [3.63, 3.8) is 0 Å². The van der Waals surface area contributed by atoms with Crippen molar-refractivity contribution in [2.24, 2.45) is 5.92 Å². The number of methoxy groups -OCH3 is 1. The number of sulfonamides is 1. The number of rotatable bonds is 7. The summed E-state index contributed by atoms with van der Waals surface area (Å²) in [6, 6.07) is 4.12. The first-order chi connectivity index (χ1) is 9.16. The third kappa shape index (κ3) is 4.82. The molecular formula is C11H16FNO5S2. The minimum Gasteiger partial charge on any atom is -0.384 e. The van der Waals surface area contributed by atoms with Crippen LogP contribution >= 0.6 is 0 Å². The number of halogens is 1. The third-order valence-corrected chi connectivity index (χ3v) is 4.71. The lowest BCUT2D eigenvalue weighted by Crippen LogP contribution is -2.30. The highest BCUT2D eigenvalue weighted by molar-refractivity contribution is 7.89. The van der Waals surface area contributed by atoms with Gasteiger partial charge in [0.1, 0.15) is 0 Å². The third-order valence-electron chi connectivity index (χ3n) is 2.47. The highest BCUT2D eigenvalue weighted by atomic mass is 32.3. The van der Waals surface area contributed by atoms with Gasteiger partial charge in [-0.3, -0.25) is 0 Å². The molecule has 9 heteroatoms. The van der Waals surface area contributed by atoms with Crippen LogP contribution in [-0.2, 0) is 25.0 Å². The van der Waals surface area contributed by atoms with Crippen LogP contribution in [0.25, 0.3) is 0 Å². The molecule has 1 aromatic rings. The van der Waals surface area contributed by atoms with Crippen molar-refractivity contribution >= 4 is 20.2 Å². The average molecular weight is 325 g/mol. The van der Waals surface area contributed by atoms with E-state index in [9.17, 15) is 20.7 Å². The van der Waals surface area contributed by atoms with Gasteiger partial charge in [0.25, 0.3) is 0 Å². The van der Waals surface area contributed by atoms with Crippen molar-refractivity contribution in [2.75, 3.05) is 20.3 Å². The molecule has 0 spiro atoms. The van der Waals surface area contributed by atoms with Gasteiger partial charge < -0.3 is 4.74 Å². The quantitative estimate of drug-likeness (QED) is 0.753. The van der Waals surface area contributed by atoms with Gasteiger partial charge in [-0.25, -0.2) is 13.1 Å². The van der Waals surface area contributed by atoms with E-state index >= 15 is 0 Å². The predicted octanol–water partition coefficient (Wildman–Crippen LogP) is 0.906. The molecule has 1 unspecified atom stereocenters. The summed E-state index contributed by atoms with van der Waals surface area (Å²) in [5.74, 6) is -0.0529. The van der Waals surface area contributed by atoms with E-state index in [1.165, 1.54) is 19.2 Å². The Morgan fingerprint density at radius 3 is 2.40 bits per heavy atom. The van der Waals surface area contributed by atoms with E-state index in [0.717, 1.165) is 12.1 Å². The summed E-state index contributed by atoms with van der Waals surface area (Å²) >= 11 is 0. The lowest BCUT2D eigenvalue weighted by molar-refractivity contribution is 0.161. The van der Waals surface area contributed by atoms with Gasteiger partial charge in [0.05, 0.1) is 9.79 Å². The van der Waals surface area contributed by atoms with Crippen molar-refractivity contribution in [1.29, 1.82) is 0 Å². The topological polar surface area (TPSA) is 89.5 Å². The lowest BCUT2D eigenvalue weighted by atomic mass is 10.2. The average Bonchev–Trinajstić information content (AvgIpc) is 2.36. The van der Waals surface area contributed by atoms with Crippen LogP contribution in [0, 0.1) is 5.92 Å². The summed E-state index contributed by atoms with van der Waals surface area (Å²) in [6.45, 7) is 2.29. The first kappa shape index (κ1) is 17.0. The standard InChI is InChI=1S/C11H16FNO5S2/c1-9(8-18-2)7-13-20(16,17)11-5-3-4-10(6-11)19(12,14)15/h3-6,9,13H,7-8H2,1-2H3. The molecule has 1 rings (SSSR count). The van der Waals surface area contributed by atoms with Crippen molar-refractivity contribution in [1.82, 2.24) is 4.72 Å². The van der Waals surface area contributed by atoms with E-state index in [-0.39, 0.29) is 17.4 Å². The molecule has 0 aliphatic heterocycles. The van der Waals surface area contributed by atoms with E-state index < -0.39 is 25.1 Å². The zero-order valence-corrected chi connectivity index (χ0v) is 12.7. The minimum atomic E-state index is -4.94. The highest BCUT2D eigenvalue weighted by Crippen LogP contribution is 2.17. The second-order valence-electron chi connectivity index (χ2n) is 4.33. The Morgan fingerprint density at radius 2 is 1.85 bits per heavy atom. The van der Waals surface area contributed by atoms with E-state index in [0.29, 0.717) is 6.61 Å². The van der Waals surface area contributed by atoms with Gasteiger partial charge >= 0.3 is 10.2 Å². The van der Waals surface area contributed by atoms with Crippen LogP contribution in [0.2, 0.25) is 0 Å². The second kappa shape index (κ2) is 6.61. The monoisotopic (exact) mass is 325 g/mol. The fourth-order valence-corrected chi connectivity index (χ4v) is 3.27. The Balaban J connectivity index is 2.94. The van der Waals surface area contributed by atoms with Crippen molar-refractivity contribution < 1.29 is 25.5 Å². The molecule has 0 radical (unpaired) electrons. The molecule has 0 fully saturated rings. The van der Waals surface area contributed by atoms with Crippen molar-refractivity contribution in [3.8, 4) is 0 Å². The lowest BCUT2D eigenvalue weighted by Gasteiger charge is -2.12. The smallest absolute Gasteiger partial charge is 0.332 e. The van der Waals surface area contributed by atoms with Crippen LogP contribution in [0.15, 0.2) is 34.1 Å². The van der Waals surface area contributed by atoms with E-state index in [4.69, 9.17) is 4.74 Å². The van der Waals surface area contributed by atoms with E-state index in [2.05, 4.69) is 4.72 Å². The molecule has 114 valence electrons. The zero-order valence-electron chi connectivity index (χ0n) is 11.0. The Kier molecular flexibility index (Phi) is 5.63. The molecule has 0 bridgehead atoms. The highest BCUT2D eigenvalue weighted by Gasteiger charge is 2.19. The first-order valence-corrected chi connectivity index (χ1v) is 8.57. The maximum atomic E-state index is 12.8. The summed E-state index contributed by atoms with van der Waals surface area (Å²) in [4.78, 5) is -0.994. The molecular weight excluding hydrogens is 309 g/mol. The van der Waals surface area contributed by atoms with Gasteiger partial charge in [-0.1, -0.05) is 13.0 Å². The molecule has 1 atom stereocenters. The van der Waals surface area contributed by atoms with Crippen molar-refractivity contribution in [3.05, 3.63) is 24.3 Å². The van der Waals surface area contributed by atoms with Crippen LogP contribution in [0.3, 0.4) is 0 Å². The molecule has 6 nitrogen and oxygen atoms in total. The van der Waals surface area contributed by atoms with Crippen LogP contribution in [0.5, 0.6) is 0 Å². The molecule has 0 saturated carbocycles. The molecule has 0 heterocycles. The van der Waals surface area contributed by atoms with Gasteiger partial charge in [-0.05, 0) is 24.1 Å². The molecule has 0 aliphatic carbocycles. The number of benzene rings is 1. The number of hydrogen-bond donors (Lipinski definition) is 1. The summed E-state index contributed by atoms with van der Waals surface area (Å²) in [6.07, 6.45) is 0. The second-order valence-corrected chi connectivity index (χ2v) is 7.44. The summed E-state index contributed by atoms with van der Waals surface area (Å²) < 4.78 is 65.5. The Labute approximate surface area is 118 Å². The van der Waals surface area contributed by atoms with E-state index in [1.54, 1.807) is 6.92 Å². The molecule has 1 aromatic carbocycles. The van der Waals surface area contributed by atoms with Gasteiger partial charge in [0, 0.05) is 20.3 Å². The Morgan fingerprint density at radius 1 is 1.25 bits per heavy atom. The molecule has 0 aliphatic rings.